The van der Waals surface area contributed by atoms with Gasteiger partial charge in [0.05, 0.1) is 5.92 Å². The number of Topliss-reactive ketones (excluding diaryl/α,β-unsaturated/α-hetero) is 2. The van der Waals surface area contributed by atoms with E-state index in [0.29, 0.717) is 24.8 Å². The van der Waals surface area contributed by atoms with Crippen molar-refractivity contribution in [2.24, 2.45) is 17.8 Å². The Kier molecular flexibility index (Phi) is 3.03. The molecule has 0 unspecified atom stereocenters. The minimum absolute atomic E-state index is 0.0164. The first-order valence-corrected chi connectivity index (χ1v) is 8.22. The Balaban J connectivity index is 1.88. The Labute approximate surface area is 135 Å². The van der Waals surface area contributed by atoms with Gasteiger partial charge in [0.1, 0.15) is 11.9 Å². The number of hydrogen-bond donors (Lipinski definition) is 0. The normalized spacial score (nSPS) is 36.0. The molecule has 0 bridgehead atoms. The van der Waals surface area contributed by atoms with Gasteiger partial charge in [-0.05, 0) is 31.8 Å². The molecule has 120 valence electrons. The SMILES string of the molecule is C=C(C)[C@H]1CC(=O)CC2=C(C1)[C@@H]1C(=O)O[C@@H]3CC(C)=C(C2=O)[C@H]13. The summed E-state index contributed by atoms with van der Waals surface area (Å²) in [4.78, 5) is 37.7. The van der Waals surface area contributed by atoms with Gasteiger partial charge >= 0.3 is 5.97 Å². The summed E-state index contributed by atoms with van der Waals surface area (Å²) in [5.41, 5.74) is 4.11. The van der Waals surface area contributed by atoms with Gasteiger partial charge in [0.2, 0.25) is 0 Å². The molecule has 23 heavy (non-hydrogen) atoms. The quantitative estimate of drug-likeness (QED) is 0.552. The van der Waals surface area contributed by atoms with E-state index in [4.69, 9.17) is 4.74 Å². The van der Waals surface area contributed by atoms with E-state index in [1.165, 1.54) is 0 Å². The molecule has 0 N–H and O–H groups in total. The lowest BCUT2D eigenvalue weighted by Gasteiger charge is -2.29. The largest absolute Gasteiger partial charge is 0.461 e. The van der Waals surface area contributed by atoms with Gasteiger partial charge in [0.25, 0.3) is 0 Å². The van der Waals surface area contributed by atoms with Gasteiger partial charge in [0.15, 0.2) is 5.78 Å². The van der Waals surface area contributed by atoms with E-state index in [-0.39, 0.29) is 47.8 Å². The van der Waals surface area contributed by atoms with Crippen LogP contribution >= 0.6 is 0 Å². The molecule has 4 nitrogen and oxygen atoms in total. The van der Waals surface area contributed by atoms with Crippen LogP contribution in [0.3, 0.4) is 0 Å². The van der Waals surface area contributed by atoms with Crippen molar-refractivity contribution in [3.63, 3.8) is 0 Å². The van der Waals surface area contributed by atoms with Gasteiger partial charge in [-0.15, -0.1) is 0 Å². The Hall–Kier alpha value is -1.97. The number of esters is 1. The van der Waals surface area contributed by atoms with Gasteiger partial charge < -0.3 is 4.74 Å². The molecule has 0 spiro atoms. The third kappa shape index (κ3) is 1.93. The average molecular weight is 312 g/mol. The summed E-state index contributed by atoms with van der Waals surface area (Å²) < 4.78 is 5.56. The Morgan fingerprint density at radius 3 is 2.61 bits per heavy atom. The van der Waals surface area contributed by atoms with Crippen molar-refractivity contribution in [3.8, 4) is 0 Å². The smallest absolute Gasteiger partial charge is 0.314 e. The highest BCUT2D eigenvalue weighted by Gasteiger charge is 2.57. The van der Waals surface area contributed by atoms with E-state index >= 15 is 0 Å². The molecule has 4 atom stereocenters. The monoisotopic (exact) mass is 312 g/mol. The molecule has 0 aromatic heterocycles. The van der Waals surface area contributed by atoms with Crippen molar-refractivity contribution in [2.75, 3.05) is 0 Å². The molecule has 1 heterocycles. The first kappa shape index (κ1) is 14.6. The van der Waals surface area contributed by atoms with Gasteiger partial charge in [-0.2, -0.15) is 0 Å². The molecule has 3 aliphatic carbocycles. The van der Waals surface area contributed by atoms with Crippen LogP contribution in [0.25, 0.3) is 0 Å². The lowest BCUT2D eigenvalue weighted by molar-refractivity contribution is -0.143. The number of allylic oxidation sites excluding steroid dienone is 2. The predicted molar refractivity (Wildman–Crippen MR) is 83.4 cm³/mol. The second kappa shape index (κ2) is 4.76. The zero-order valence-corrected chi connectivity index (χ0v) is 13.5. The van der Waals surface area contributed by atoms with Crippen LogP contribution in [0.2, 0.25) is 0 Å². The highest BCUT2D eigenvalue weighted by Crippen LogP contribution is 2.54. The van der Waals surface area contributed by atoms with Crippen LogP contribution in [0.4, 0.5) is 0 Å². The van der Waals surface area contributed by atoms with Crippen molar-refractivity contribution < 1.29 is 19.1 Å². The summed E-state index contributed by atoms with van der Waals surface area (Å²) in [6.45, 7) is 7.84. The highest BCUT2D eigenvalue weighted by molar-refractivity contribution is 6.15. The predicted octanol–water partition coefficient (Wildman–Crippen LogP) is 2.69. The fourth-order valence-electron chi connectivity index (χ4n) is 4.75. The average Bonchev–Trinajstić information content (AvgIpc) is 2.86. The van der Waals surface area contributed by atoms with Crippen LogP contribution in [0.15, 0.2) is 34.4 Å². The summed E-state index contributed by atoms with van der Waals surface area (Å²) in [5.74, 6) is -0.660. The number of carbonyl (C=O) groups is 3. The number of ether oxygens (including phenoxy) is 1. The Bertz CT molecular complexity index is 736. The molecule has 4 aliphatic rings. The summed E-state index contributed by atoms with van der Waals surface area (Å²) in [6, 6.07) is 0. The van der Waals surface area contributed by atoms with E-state index in [9.17, 15) is 14.4 Å². The number of carbonyl (C=O) groups excluding carboxylic acids is 3. The summed E-state index contributed by atoms with van der Waals surface area (Å²) in [6.07, 6.45) is 1.59. The standard InChI is InChI=1S/C19H20O4/c1-8(2)10-5-11(20)7-13-12(6-10)16-17-14(23-19(16)22)4-9(3)15(17)18(13)21/h10,14,16-17H,1,4-7H2,2-3H3/t10-,14+,16-,17+/m0/s1. The van der Waals surface area contributed by atoms with E-state index in [0.717, 1.165) is 22.3 Å². The van der Waals surface area contributed by atoms with Crippen molar-refractivity contribution in [1.82, 2.24) is 0 Å². The summed E-state index contributed by atoms with van der Waals surface area (Å²) in [7, 11) is 0. The van der Waals surface area contributed by atoms with Gasteiger partial charge in [0, 0.05) is 36.3 Å². The fraction of sp³-hybridized carbons (Fsp3) is 0.526. The van der Waals surface area contributed by atoms with Crippen molar-refractivity contribution in [3.05, 3.63) is 34.4 Å². The van der Waals surface area contributed by atoms with Crippen LogP contribution < -0.4 is 0 Å². The zero-order chi connectivity index (χ0) is 16.5. The number of hydrogen-bond acceptors (Lipinski definition) is 4. The molecule has 0 aromatic carbocycles. The van der Waals surface area contributed by atoms with Crippen molar-refractivity contribution in [2.45, 2.75) is 45.6 Å². The molecule has 0 aromatic rings. The van der Waals surface area contributed by atoms with Gasteiger partial charge in [-0.3, -0.25) is 14.4 Å². The molecular weight excluding hydrogens is 292 g/mol. The molecular formula is C19H20O4. The van der Waals surface area contributed by atoms with Crippen LogP contribution in [-0.2, 0) is 19.1 Å². The van der Waals surface area contributed by atoms with Gasteiger partial charge in [-0.1, -0.05) is 17.7 Å². The summed E-state index contributed by atoms with van der Waals surface area (Å²) in [5, 5.41) is 0. The number of rotatable bonds is 1. The number of fused-ring (bicyclic) bond motifs is 1. The van der Waals surface area contributed by atoms with Crippen molar-refractivity contribution in [1.29, 1.82) is 0 Å². The molecule has 0 amide bonds. The Morgan fingerprint density at radius 2 is 1.91 bits per heavy atom. The van der Waals surface area contributed by atoms with E-state index in [1.54, 1.807) is 0 Å². The topological polar surface area (TPSA) is 60.4 Å². The maximum Gasteiger partial charge on any atom is 0.314 e. The third-order valence-electron chi connectivity index (χ3n) is 5.87. The van der Waals surface area contributed by atoms with Crippen LogP contribution in [-0.4, -0.2) is 23.6 Å². The molecule has 4 heteroatoms. The van der Waals surface area contributed by atoms with E-state index in [1.807, 2.05) is 13.8 Å². The first-order valence-electron chi connectivity index (χ1n) is 8.22. The fourth-order valence-corrected chi connectivity index (χ4v) is 4.75. The van der Waals surface area contributed by atoms with E-state index in [2.05, 4.69) is 6.58 Å². The second-order valence-corrected chi connectivity index (χ2v) is 7.38. The lowest BCUT2D eigenvalue weighted by atomic mass is 9.70. The molecule has 1 aliphatic heterocycles. The molecule has 0 radical (unpaired) electrons. The molecule has 0 saturated carbocycles. The number of ketones is 2. The first-order chi connectivity index (χ1) is 10.9. The minimum Gasteiger partial charge on any atom is -0.461 e. The zero-order valence-electron chi connectivity index (χ0n) is 13.5. The van der Waals surface area contributed by atoms with E-state index < -0.39 is 0 Å². The lowest BCUT2D eigenvalue weighted by Crippen LogP contribution is -2.32. The minimum atomic E-state index is -0.368. The highest BCUT2D eigenvalue weighted by atomic mass is 16.6. The van der Waals surface area contributed by atoms with Gasteiger partial charge in [-0.25, -0.2) is 0 Å². The van der Waals surface area contributed by atoms with Crippen LogP contribution in [0.5, 0.6) is 0 Å². The van der Waals surface area contributed by atoms with Crippen LogP contribution in [0.1, 0.15) is 39.5 Å². The maximum atomic E-state index is 13.0. The third-order valence-corrected chi connectivity index (χ3v) is 5.87. The molecule has 1 fully saturated rings. The van der Waals surface area contributed by atoms with Crippen molar-refractivity contribution >= 4 is 17.5 Å². The molecule has 1 saturated heterocycles. The summed E-state index contributed by atoms with van der Waals surface area (Å²) >= 11 is 0. The maximum absolute atomic E-state index is 13.0. The second-order valence-electron chi connectivity index (χ2n) is 7.38. The van der Waals surface area contributed by atoms with Crippen LogP contribution in [0, 0.1) is 17.8 Å². The molecule has 4 rings (SSSR count). The Morgan fingerprint density at radius 1 is 1.17 bits per heavy atom.